The van der Waals surface area contributed by atoms with E-state index in [1.807, 2.05) is 78.9 Å². The molecule has 6 rings (SSSR count). The molecule has 50 heavy (non-hydrogen) atoms. The molecule has 11 heteroatoms. The van der Waals surface area contributed by atoms with Crippen molar-refractivity contribution in [3.8, 4) is 0 Å². The summed E-state index contributed by atoms with van der Waals surface area (Å²) in [5.41, 5.74) is 4.99. The van der Waals surface area contributed by atoms with Gasteiger partial charge in [0.05, 0.1) is 28.0 Å². The number of hydrogen-bond donors (Lipinski definition) is 2. The molecule has 0 bridgehead atoms. The fourth-order valence-electron chi connectivity index (χ4n) is 6.34. The van der Waals surface area contributed by atoms with Crippen LogP contribution < -0.4 is 4.72 Å². The Kier molecular flexibility index (Phi) is 10.5. The van der Waals surface area contributed by atoms with E-state index in [0.717, 1.165) is 33.3 Å². The largest absolute Gasteiger partial charge is 0.478 e. The van der Waals surface area contributed by atoms with Gasteiger partial charge in [0.25, 0.3) is 0 Å². The van der Waals surface area contributed by atoms with E-state index in [1.54, 1.807) is 30.3 Å². The maximum atomic E-state index is 13.6. The van der Waals surface area contributed by atoms with Gasteiger partial charge < -0.3 is 9.67 Å². The third-order valence-electron chi connectivity index (χ3n) is 8.64. The second-order valence-corrected chi connectivity index (χ2v) is 16.3. The van der Waals surface area contributed by atoms with Crippen molar-refractivity contribution in [1.82, 2.24) is 9.29 Å². The first kappa shape index (κ1) is 35.1. The van der Waals surface area contributed by atoms with Gasteiger partial charge in [0.1, 0.15) is 0 Å². The number of sulfonamides is 1. The van der Waals surface area contributed by atoms with Crippen molar-refractivity contribution in [2.45, 2.75) is 29.5 Å². The summed E-state index contributed by atoms with van der Waals surface area (Å²) in [6.45, 7) is 0.0753. The van der Waals surface area contributed by atoms with Gasteiger partial charge >= 0.3 is 5.97 Å². The van der Waals surface area contributed by atoms with Crippen LogP contribution in [-0.2, 0) is 38.5 Å². The van der Waals surface area contributed by atoms with Crippen molar-refractivity contribution in [2.75, 3.05) is 12.3 Å². The molecule has 0 aliphatic heterocycles. The van der Waals surface area contributed by atoms with E-state index >= 15 is 0 Å². The number of carbonyl (C=O) groups is 1. The summed E-state index contributed by atoms with van der Waals surface area (Å²) in [6.07, 6.45) is 0.369. The lowest BCUT2D eigenvalue weighted by Crippen LogP contribution is -2.28. The number of aromatic nitrogens is 1. The van der Waals surface area contributed by atoms with Crippen molar-refractivity contribution < 1.29 is 26.7 Å². The van der Waals surface area contributed by atoms with Crippen LogP contribution >= 0.6 is 11.6 Å². The summed E-state index contributed by atoms with van der Waals surface area (Å²) < 4.78 is 58.6. The lowest BCUT2D eigenvalue weighted by Gasteiger charge is -2.25. The van der Waals surface area contributed by atoms with Crippen LogP contribution in [0.25, 0.3) is 10.9 Å². The molecule has 1 aromatic heterocycles. The second-order valence-electron chi connectivity index (χ2n) is 12.0. The fourth-order valence-corrected chi connectivity index (χ4v) is 8.92. The van der Waals surface area contributed by atoms with E-state index in [9.17, 15) is 26.7 Å². The summed E-state index contributed by atoms with van der Waals surface area (Å²) in [5.74, 6) is -1.58. The zero-order valence-electron chi connectivity index (χ0n) is 26.9. The van der Waals surface area contributed by atoms with Crippen LogP contribution in [-0.4, -0.2) is 44.8 Å². The Morgan fingerprint density at radius 3 is 1.90 bits per heavy atom. The van der Waals surface area contributed by atoms with Crippen molar-refractivity contribution in [3.05, 3.63) is 172 Å². The number of rotatable bonds is 14. The number of fused-ring (bicyclic) bond motifs is 1. The molecule has 2 N–H and O–H groups in total. The second kappa shape index (κ2) is 15.0. The number of carboxylic acids is 1. The molecular formula is C39H35ClN2O6S2. The number of sulfone groups is 1. The van der Waals surface area contributed by atoms with Gasteiger partial charge in [0, 0.05) is 34.6 Å². The number of nitrogens with one attached hydrogen (secondary N) is 1. The Hall–Kier alpha value is -4.74. The highest BCUT2D eigenvalue weighted by atomic mass is 35.5. The molecule has 8 nitrogen and oxygen atoms in total. The van der Waals surface area contributed by atoms with Gasteiger partial charge in [-0.25, -0.2) is 26.4 Å². The average molecular weight is 727 g/mol. The van der Waals surface area contributed by atoms with Crippen molar-refractivity contribution in [2.24, 2.45) is 0 Å². The van der Waals surface area contributed by atoms with Gasteiger partial charge in [-0.3, -0.25) is 0 Å². The van der Waals surface area contributed by atoms with E-state index in [0.29, 0.717) is 10.6 Å². The van der Waals surface area contributed by atoms with E-state index in [2.05, 4.69) is 9.29 Å². The number of aryl methyl sites for hydroxylation is 1. The highest BCUT2D eigenvalue weighted by molar-refractivity contribution is 7.91. The van der Waals surface area contributed by atoms with Crippen LogP contribution in [0.2, 0.25) is 5.02 Å². The zero-order valence-corrected chi connectivity index (χ0v) is 29.3. The molecule has 1 heterocycles. The van der Waals surface area contributed by atoms with Crippen LogP contribution in [0, 0.1) is 0 Å². The Morgan fingerprint density at radius 2 is 1.32 bits per heavy atom. The summed E-state index contributed by atoms with van der Waals surface area (Å²) in [4.78, 5) is 11.4. The highest BCUT2D eigenvalue weighted by Gasteiger charge is 2.27. The minimum Gasteiger partial charge on any atom is -0.478 e. The van der Waals surface area contributed by atoms with Gasteiger partial charge in [-0.2, -0.15) is 0 Å². The minimum absolute atomic E-state index is 0.00784. The van der Waals surface area contributed by atoms with E-state index in [4.69, 9.17) is 11.6 Å². The lowest BCUT2D eigenvalue weighted by atomic mass is 9.97. The monoisotopic (exact) mass is 726 g/mol. The van der Waals surface area contributed by atoms with E-state index in [1.165, 1.54) is 24.3 Å². The smallest absolute Gasteiger partial charge is 0.335 e. The maximum Gasteiger partial charge on any atom is 0.335 e. The third kappa shape index (κ3) is 8.00. The summed E-state index contributed by atoms with van der Waals surface area (Å²) in [7, 11) is -7.53. The summed E-state index contributed by atoms with van der Waals surface area (Å²) >= 11 is 6.57. The first-order valence-corrected chi connectivity index (χ1v) is 19.7. The van der Waals surface area contributed by atoms with Crippen molar-refractivity contribution in [1.29, 1.82) is 0 Å². The molecule has 6 aromatic rings. The van der Waals surface area contributed by atoms with Crippen LogP contribution in [0.4, 0.5) is 0 Å². The number of halogens is 1. The molecular weight excluding hydrogens is 692 g/mol. The third-order valence-corrected chi connectivity index (χ3v) is 12.0. The predicted octanol–water partition coefficient (Wildman–Crippen LogP) is 7.31. The Morgan fingerprint density at radius 1 is 0.740 bits per heavy atom. The molecule has 0 fully saturated rings. The van der Waals surface area contributed by atoms with Crippen molar-refractivity contribution >= 4 is 48.3 Å². The van der Waals surface area contributed by atoms with Gasteiger partial charge in [0.15, 0.2) is 9.84 Å². The molecule has 0 spiro atoms. The quantitative estimate of drug-likeness (QED) is 0.121. The molecule has 256 valence electrons. The maximum absolute atomic E-state index is 13.6. The number of nitrogens with zero attached hydrogens (tertiary/aromatic N) is 1. The normalized spacial score (nSPS) is 12.0. The lowest BCUT2D eigenvalue weighted by molar-refractivity contribution is 0.0696. The molecule has 0 unspecified atom stereocenters. The van der Waals surface area contributed by atoms with E-state index < -0.39 is 25.8 Å². The van der Waals surface area contributed by atoms with Crippen LogP contribution in [0.1, 0.15) is 44.3 Å². The topological polar surface area (TPSA) is 123 Å². The van der Waals surface area contributed by atoms with Crippen LogP contribution in [0.3, 0.4) is 0 Å². The highest BCUT2D eigenvalue weighted by Crippen LogP contribution is 2.38. The first-order chi connectivity index (χ1) is 24.0. The number of aromatic carboxylic acids is 1. The fraction of sp³-hybridized carbons (Fsp3) is 0.154. The molecule has 0 saturated carbocycles. The SMILES string of the molecule is O=C(O)c1ccc(S(=O)(=O)CCc2c(CCNS(=O)(=O)Cc3ccccc3)n(C(c3ccccc3)c3ccccc3)c3ccc(Cl)cc23)cc1. The molecule has 0 saturated heterocycles. The minimum atomic E-state index is -3.84. The Balaban J connectivity index is 1.45. The molecule has 5 aromatic carbocycles. The van der Waals surface area contributed by atoms with Gasteiger partial charge in [0.2, 0.25) is 10.0 Å². The van der Waals surface area contributed by atoms with Crippen LogP contribution in [0.5, 0.6) is 0 Å². The van der Waals surface area contributed by atoms with Gasteiger partial charge in [-0.15, -0.1) is 0 Å². The molecule has 0 radical (unpaired) electrons. The summed E-state index contributed by atoms with van der Waals surface area (Å²) in [5, 5.41) is 10.5. The standard InChI is InChI=1S/C39H35ClN2O6S2/c40-32-18-21-36-35(26-32)34(23-25-49(45,46)33-19-16-31(17-20-33)39(43)44)37(22-24-41-50(47,48)27-28-10-4-1-5-11-28)42(36)38(29-12-6-2-7-13-29)30-14-8-3-9-15-30/h1-21,26,38,41H,22-25,27H2,(H,43,44). The Labute approximate surface area is 297 Å². The zero-order chi connectivity index (χ0) is 35.3. The molecule has 0 aliphatic rings. The first-order valence-electron chi connectivity index (χ1n) is 16.0. The average Bonchev–Trinajstić information content (AvgIpc) is 3.40. The predicted molar refractivity (Wildman–Crippen MR) is 197 cm³/mol. The van der Waals surface area contributed by atoms with Gasteiger partial charge in [-0.1, -0.05) is 103 Å². The number of benzene rings is 5. The number of hydrogen-bond acceptors (Lipinski definition) is 5. The molecule has 0 amide bonds. The van der Waals surface area contributed by atoms with Crippen molar-refractivity contribution in [3.63, 3.8) is 0 Å². The van der Waals surface area contributed by atoms with Crippen LogP contribution in [0.15, 0.2) is 138 Å². The molecule has 0 atom stereocenters. The van der Waals surface area contributed by atoms with E-state index in [-0.39, 0.29) is 47.4 Å². The van der Waals surface area contributed by atoms with Gasteiger partial charge in [-0.05, 0) is 71.1 Å². The number of carboxylic acid groups (broad SMARTS) is 1. The summed E-state index contributed by atoms with van der Waals surface area (Å²) in [6, 6.07) is 39.2. The molecule has 0 aliphatic carbocycles. The Bertz CT molecular complexity index is 2290.